The fourth-order valence-electron chi connectivity index (χ4n) is 5.23. The predicted molar refractivity (Wildman–Crippen MR) is 141 cm³/mol. The van der Waals surface area contributed by atoms with E-state index in [1.807, 2.05) is 17.0 Å². The number of amides is 2. The maximum atomic E-state index is 13.9. The molecule has 9 heteroatoms. The van der Waals surface area contributed by atoms with E-state index in [4.69, 9.17) is 4.74 Å². The topological polar surface area (TPSA) is 93.0 Å². The Morgan fingerprint density at radius 2 is 1.92 bits per heavy atom. The van der Waals surface area contributed by atoms with Crippen LogP contribution in [0.1, 0.15) is 50.8 Å². The molecule has 2 aliphatic heterocycles. The Labute approximate surface area is 219 Å². The number of carbonyl (C=O) groups is 2. The molecule has 37 heavy (non-hydrogen) atoms. The molecule has 2 aromatic carbocycles. The number of carbonyl (C=O) groups excluding carboxylic acids is 2. The third-order valence-electron chi connectivity index (χ3n) is 7.16. The van der Waals surface area contributed by atoms with E-state index in [0.717, 1.165) is 36.0 Å². The van der Waals surface area contributed by atoms with Crippen molar-refractivity contribution in [1.29, 1.82) is 0 Å². The Hall–Kier alpha value is -3.56. The molecule has 0 aliphatic carbocycles. The smallest absolute Gasteiger partial charge is 0.269 e. The Morgan fingerprint density at radius 1 is 1.14 bits per heavy atom. The molecule has 2 unspecified atom stereocenters. The molecule has 2 atom stereocenters. The second-order valence-corrected chi connectivity index (χ2v) is 10.5. The first-order valence-corrected chi connectivity index (χ1v) is 13.4. The van der Waals surface area contributed by atoms with Crippen LogP contribution in [0, 0.1) is 17.0 Å². The van der Waals surface area contributed by atoms with Crippen LogP contribution in [0.2, 0.25) is 0 Å². The second kappa shape index (κ2) is 10.8. The number of non-ortho nitro benzene ring substituents is 1. The van der Waals surface area contributed by atoms with Crippen LogP contribution in [0.25, 0.3) is 0 Å². The van der Waals surface area contributed by atoms with Crippen LogP contribution in [0.15, 0.2) is 60.0 Å². The van der Waals surface area contributed by atoms with E-state index in [-0.39, 0.29) is 36.2 Å². The molecule has 2 aliphatic rings. The summed E-state index contributed by atoms with van der Waals surface area (Å²) in [6.45, 7) is 3.48. The standard InChI is InChI=1S/C28H29N3O5S/c1-19-5-2-3-7-23(19)27-24-13-16-37-25(24)12-14-30(27)26(32)18-29(17-22-6-4-15-36-22)28(33)20-8-10-21(11-9-20)31(34)35/h2-3,5,7-11,13,16,22,27H,4,6,12,14-15,17-18H2,1H3. The van der Waals surface area contributed by atoms with Gasteiger partial charge in [-0.2, -0.15) is 0 Å². The molecule has 1 saturated heterocycles. The van der Waals surface area contributed by atoms with E-state index >= 15 is 0 Å². The Morgan fingerprint density at radius 3 is 2.62 bits per heavy atom. The fraction of sp³-hybridized carbons (Fsp3) is 0.357. The number of benzene rings is 2. The largest absolute Gasteiger partial charge is 0.376 e. The van der Waals surface area contributed by atoms with Gasteiger partial charge in [0.1, 0.15) is 6.54 Å². The molecule has 0 bridgehead atoms. The molecule has 192 valence electrons. The van der Waals surface area contributed by atoms with E-state index in [1.165, 1.54) is 34.0 Å². The maximum absolute atomic E-state index is 13.9. The molecule has 3 heterocycles. The van der Waals surface area contributed by atoms with Gasteiger partial charge in [0.15, 0.2) is 0 Å². The van der Waals surface area contributed by atoms with Crippen LogP contribution in [0.3, 0.4) is 0 Å². The van der Waals surface area contributed by atoms with E-state index in [9.17, 15) is 19.7 Å². The first-order valence-electron chi connectivity index (χ1n) is 12.5. The summed E-state index contributed by atoms with van der Waals surface area (Å²) in [5.74, 6) is -0.460. The Bertz CT molecular complexity index is 1300. The van der Waals surface area contributed by atoms with Gasteiger partial charge >= 0.3 is 0 Å². The summed E-state index contributed by atoms with van der Waals surface area (Å²) in [7, 11) is 0. The normalized spacial score (nSPS) is 18.9. The highest BCUT2D eigenvalue weighted by Crippen LogP contribution is 2.39. The van der Waals surface area contributed by atoms with E-state index < -0.39 is 4.92 Å². The highest BCUT2D eigenvalue weighted by molar-refractivity contribution is 7.10. The number of rotatable bonds is 7. The van der Waals surface area contributed by atoms with Gasteiger partial charge in [0, 0.05) is 42.3 Å². The van der Waals surface area contributed by atoms with Gasteiger partial charge in [-0.05, 0) is 66.5 Å². The van der Waals surface area contributed by atoms with Gasteiger partial charge in [-0.15, -0.1) is 11.3 Å². The molecule has 0 N–H and O–H groups in total. The van der Waals surface area contributed by atoms with Crippen molar-refractivity contribution in [3.63, 3.8) is 0 Å². The third-order valence-corrected chi connectivity index (χ3v) is 8.15. The lowest BCUT2D eigenvalue weighted by atomic mass is 9.90. The highest BCUT2D eigenvalue weighted by Gasteiger charge is 2.35. The van der Waals surface area contributed by atoms with Crippen molar-refractivity contribution in [2.75, 3.05) is 26.2 Å². The highest BCUT2D eigenvalue weighted by atomic mass is 32.1. The number of nitrogens with zero attached hydrogens (tertiary/aromatic N) is 3. The number of nitro groups is 1. The molecule has 3 aromatic rings. The van der Waals surface area contributed by atoms with Crippen LogP contribution >= 0.6 is 11.3 Å². The minimum atomic E-state index is -0.497. The number of hydrogen-bond acceptors (Lipinski definition) is 6. The van der Waals surface area contributed by atoms with Crippen LogP contribution in [0.5, 0.6) is 0 Å². The van der Waals surface area contributed by atoms with Crippen molar-refractivity contribution in [1.82, 2.24) is 9.80 Å². The SMILES string of the molecule is Cc1ccccc1C1c2ccsc2CCN1C(=O)CN(CC1CCCO1)C(=O)c1ccc([N+](=O)[O-])cc1. The predicted octanol–water partition coefficient (Wildman–Crippen LogP) is 4.76. The molecule has 0 spiro atoms. The lowest BCUT2D eigenvalue weighted by Gasteiger charge is -2.38. The summed E-state index contributed by atoms with van der Waals surface area (Å²) in [5.41, 5.74) is 3.57. The fourth-order valence-corrected chi connectivity index (χ4v) is 6.13. The summed E-state index contributed by atoms with van der Waals surface area (Å²) in [5, 5.41) is 13.1. The van der Waals surface area contributed by atoms with Gasteiger partial charge in [-0.1, -0.05) is 24.3 Å². The second-order valence-electron chi connectivity index (χ2n) is 9.52. The molecule has 5 rings (SSSR count). The zero-order valence-corrected chi connectivity index (χ0v) is 21.5. The molecule has 8 nitrogen and oxygen atoms in total. The number of nitro benzene ring substituents is 1. The molecule has 2 amide bonds. The molecular weight excluding hydrogens is 490 g/mol. The zero-order chi connectivity index (χ0) is 25.9. The average Bonchev–Trinajstić information content (AvgIpc) is 3.60. The van der Waals surface area contributed by atoms with E-state index in [0.29, 0.717) is 25.3 Å². The van der Waals surface area contributed by atoms with E-state index in [2.05, 4.69) is 30.5 Å². The van der Waals surface area contributed by atoms with Gasteiger partial charge in [0.2, 0.25) is 5.91 Å². The number of fused-ring (bicyclic) bond motifs is 1. The molecule has 1 aromatic heterocycles. The minimum absolute atomic E-state index is 0.0840. The first-order chi connectivity index (χ1) is 17.9. The number of thiophene rings is 1. The quantitative estimate of drug-likeness (QED) is 0.331. The number of hydrogen-bond donors (Lipinski definition) is 0. The van der Waals surface area contributed by atoms with Gasteiger partial charge in [0.25, 0.3) is 11.6 Å². The average molecular weight is 520 g/mol. The van der Waals surface area contributed by atoms with Crippen molar-refractivity contribution in [2.24, 2.45) is 0 Å². The Kier molecular flexibility index (Phi) is 7.34. The van der Waals surface area contributed by atoms with Crippen molar-refractivity contribution in [2.45, 2.75) is 38.3 Å². The lowest BCUT2D eigenvalue weighted by molar-refractivity contribution is -0.384. The molecular formula is C28H29N3O5S. The summed E-state index contributed by atoms with van der Waals surface area (Å²) in [4.78, 5) is 42.7. The van der Waals surface area contributed by atoms with Crippen LogP contribution < -0.4 is 0 Å². The first kappa shape index (κ1) is 25.1. The van der Waals surface area contributed by atoms with Crippen LogP contribution in [0.4, 0.5) is 5.69 Å². The van der Waals surface area contributed by atoms with Crippen LogP contribution in [-0.2, 0) is 16.0 Å². The molecule has 1 fully saturated rings. The molecule has 0 radical (unpaired) electrons. The number of aryl methyl sites for hydroxylation is 1. The summed E-state index contributed by atoms with van der Waals surface area (Å²) in [6.07, 6.45) is 2.39. The number of ether oxygens (including phenoxy) is 1. The van der Waals surface area contributed by atoms with E-state index in [1.54, 1.807) is 11.3 Å². The maximum Gasteiger partial charge on any atom is 0.269 e. The van der Waals surface area contributed by atoms with Crippen molar-refractivity contribution >= 4 is 28.8 Å². The van der Waals surface area contributed by atoms with Gasteiger partial charge in [0.05, 0.1) is 17.1 Å². The summed E-state index contributed by atoms with van der Waals surface area (Å²) in [6, 6.07) is 15.5. The summed E-state index contributed by atoms with van der Waals surface area (Å²) < 4.78 is 5.78. The van der Waals surface area contributed by atoms with Gasteiger partial charge < -0.3 is 14.5 Å². The van der Waals surface area contributed by atoms with Crippen molar-refractivity contribution < 1.29 is 19.2 Å². The lowest BCUT2D eigenvalue weighted by Crippen LogP contribution is -2.48. The zero-order valence-electron chi connectivity index (χ0n) is 20.7. The third kappa shape index (κ3) is 5.28. The molecule has 0 saturated carbocycles. The minimum Gasteiger partial charge on any atom is -0.376 e. The van der Waals surface area contributed by atoms with Gasteiger partial charge in [-0.25, -0.2) is 0 Å². The van der Waals surface area contributed by atoms with Gasteiger partial charge in [-0.3, -0.25) is 19.7 Å². The van der Waals surface area contributed by atoms with Crippen LogP contribution in [-0.4, -0.2) is 58.9 Å². The van der Waals surface area contributed by atoms with Crippen molar-refractivity contribution in [3.05, 3.63) is 97.2 Å². The monoisotopic (exact) mass is 519 g/mol. The van der Waals surface area contributed by atoms with Crippen molar-refractivity contribution in [3.8, 4) is 0 Å². The Balaban J connectivity index is 1.43. The summed E-state index contributed by atoms with van der Waals surface area (Å²) >= 11 is 1.72.